The molecule has 5 nitrogen and oxygen atoms in total. The van der Waals surface area contributed by atoms with Crippen molar-refractivity contribution in [1.82, 2.24) is 9.80 Å². The van der Waals surface area contributed by atoms with E-state index in [1.807, 2.05) is 23.1 Å². The molecule has 2 aliphatic heterocycles. The quantitative estimate of drug-likeness (QED) is 0.646. The predicted molar refractivity (Wildman–Crippen MR) is 124 cm³/mol. The Kier molecular flexibility index (Phi) is 7.54. The zero-order valence-electron chi connectivity index (χ0n) is 18.3. The average molecular weight is 441 g/mol. The lowest BCUT2D eigenvalue weighted by molar-refractivity contribution is -0.132. The molecule has 0 N–H and O–H groups in total. The Morgan fingerprint density at radius 2 is 1.90 bits per heavy atom. The van der Waals surface area contributed by atoms with E-state index in [9.17, 15) is 9.35 Å². The van der Waals surface area contributed by atoms with E-state index in [0.717, 1.165) is 48.2 Å². The number of amides is 1. The van der Waals surface area contributed by atoms with Crippen LogP contribution in [0, 0.1) is 5.92 Å². The fourth-order valence-corrected chi connectivity index (χ4v) is 5.84. The molecule has 2 aliphatic rings. The van der Waals surface area contributed by atoms with Crippen LogP contribution in [0.2, 0.25) is 0 Å². The SMILES string of the molecule is COc1ccc2c(c1)CN(C(=O)CCN1CCC(Cc3ccccc3)CC1)CC[S@+]2[O-]. The third-order valence-corrected chi connectivity index (χ3v) is 7.93. The summed E-state index contributed by atoms with van der Waals surface area (Å²) in [5.41, 5.74) is 2.36. The lowest BCUT2D eigenvalue weighted by atomic mass is 9.90. The molecule has 4 rings (SSSR count). The van der Waals surface area contributed by atoms with Gasteiger partial charge in [0.25, 0.3) is 0 Å². The maximum atomic E-state index is 12.9. The topological polar surface area (TPSA) is 55.8 Å². The Hall–Kier alpha value is -2.02. The van der Waals surface area contributed by atoms with Gasteiger partial charge in [0, 0.05) is 18.5 Å². The number of fused-ring (bicyclic) bond motifs is 1. The molecule has 1 saturated heterocycles. The second-order valence-corrected chi connectivity index (χ2v) is 10.1. The van der Waals surface area contributed by atoms with Gasteiger partial charge in [-0.1, -0.05) is 30.3 Å². The number of benzene rings is 2. The highest BCUT2D eigenvalue weighted by Crippen LogP contribution is 2.27. The standard InChI is InChI=1S/C25H32N2O3S/c1-30-23-7-8-24-22(18-23)19-27(15-16-31(24)29)25(28)11-14-26-12-9-21(10-13-26)17-20-5-3-2-4-6-20/h2-8,18,21H,9-17,19H2,1H3/t31-/m0/s1. The zero-order chi connectivity index (χ0) is 21.6. The highest BCUT2D eigenvalue weighted by atomic mass is 32.2. The molecule has 6 heteroatoms. The molecular formula is C25H32N2O3S. The Balaban J connectivity index is 1.26. The van der Waals surface area contributed by atoms with Crippen molar-refractivity contribution in [3.8, 4) is 5.75 Å². The van der Waals surface area contributed by atoms with Gasteiger partial charge in [-0.15, -0.1) is 0 Å². The predicted octanol–water partition coefficient (Wildman–Crippen LogP) is 3.49. The third-order valence-electron chi connectivity index (χ3n) is 6.49. The molecule has 0 saturated carbocycles. The van der Waals surface area contributed by atoms with Gasteiger partial charge in [-0.3, -0.25) is 4.79 Å². The van der Waals surface area contributed by atoms with Crippen molar-refractivity contribution in [3.05, 3.63) is 59.7 Å². The molecule has 166 valence electrons. The molecule has 1 atom stereocenters. The maximum Gasteiger partial charge on any atom is 0.224 e. The fraction of sp³-hybridized carbons (Fsp3) is 0.480. The minimum absolute atomic E-state index is 0.152. The van der Waals surface area contributed by atoms with Crippen molar-refractivity contribution in [2.45, 2.75) is 37.1 Å². The molecule has 1 fully saturated rings. The van der Waals surface area contributed by atoms with Crippen molar-refractivity contribution in [2.75, 3.05) is 39.0 Å². The molecule has 2 aromatic rings. The first kappa shape index (κ1) is 22.2. The Morgan fingerprint density at radius 1 is 1.13 bits per heavy atom. The first-order valence-corrected chi connectivity index (χ1v) is 12.5. The van der Waals surface area contributed by atoms with Crippen LogP contribution < -0.4 is 4.74 Å². The van der Waals surface area contributed by atoms with Gasteiger partial charge >= 0.3 is 0 Å². The minimum atomic E-state index is -1.07. The molecular weight excluding hydrogens is 408 g/mol. The Morgan fingerprint density at radius 3 is 2.65 bits per heavy atom. The average Bonchev–Trinajstić information content (AvgIpc) is 2.97. The first-order valence-electron chi connectivity index (χ1n) is 11.2. The normalized spacial score (nSPS) is 20.2. The summed E-state index contributed by atoms with van der Waals surface area (Å²) >= 11 is -1.07. The van der Waals surface area contributed by atoms with Gasteiger partial charge in [0.1, 0.15) is 11.5 Å². The fourth-order valence-electron chi connectivity index (χ4n) is 4.60. The van der Waals surface area contributed by atoms with E-state index in [4.69, 9.17) is 4.74 Å². The Labute approximate surface area is 188 Å². The molecule has 0 aliphatic carbocycles. The number of piperidine rings is 1. The van der Waals surface area contributed by atoms with Crippen LogP contribution in [0.25, 0.3) is 0 Å². The number of hydrogen-bond acceptors (Lipinski definition) is 4. The van der Waals surface area contributed by atoms with Crippen LogP contribution in [-0.2, 0) is 28.9 Å². The maximum absolute atomic E-state index is 12.9. The number of likely N-dealkylation sites (tertiary alicyclic amines) is 1. The van der Waals surface area contributed by atoms with Crippen LogP contribution in [0.15, 0.2) is 53.4 Å². The summed E-state index contributed by atoms with van der Waals surface area (Å²) < 4.78 is 17.9. The van der Waals surface area contributed by atoms with Crippen molar-refractivity contribution >= 4 is 17.1 Å². The summed E-state index contributed by atoms with van der Waals surface area (Å²) in [7, 11) is 1.63. The van der Waals surface area contributed by atoms with E-state index in [1.54, 1.807) is 7.11 Å². The van der Waals surface area contributed by atoms with Crippen LogP contribution in [0.5, 0.6) is 5.75 Å². The van der Waals surface area contributed by atoms with Gasteiger partial charge in [-0.2, -0.15) is 0 Å². The second kappa shape index (κ2) is 10.5. The lowest BCUT2D eigenvalue weighted by Crippen LogP contribution is -2.39. The number of carbonyl (C=O) groups excluding carboxylic acids is 1. The molecule has 0 radical (unpaired) electrons. The summed E-state index contributed by atoms with van der Waals surface area (Å²) in [5, 5.41) is 0. The van der Waals surface area contributed by atoms with Crippen molar-refractivity contribution in [3.63, 3.8) is 0 Å². The summed E-state index contributed by atoms with van der Waals surface area (Å²) in [6.45, 7) is 3.99. The molecule has 0 unspecified atom stereocenters. The smallest absolute Gasteiger partial charge is 0.224 e. The van der Waals surface area contributed by atoms with Crippen LogP contribution in [0.3, 0.4) is 0 Å². The summed E-state index contributed by atoms with van der Waals surface area (Å²) in [6.07, 6.45) is 4.06. The number of carbonyl (C=O) groups is 1. The second-order valence-electron chi connectivity index (χ2n) is 8.56. The van der Waals surface area contributed by atoms with Crippen molar-refractivity contribution in [2.24, 2.45) is 5.92 Å². The van der Waals surface area contributed by atoms with Crippen LogP contribution in [0.1, 0.15) is 30.4 Å². The van der Waals surface area contributed by atoms with E-state index in [1.165, 1.54) is 18.4 Å². The van der Waals surface area contributed by atoms with Gasteiger partial charge in [0.15, 0.2) is 4.90 Å². The molecule has 2 aromatic carbocycles. The van der Waals surface area contributed by atoms with Gasteiger partial charge in [-0.25, -0.2) is 0 Å². The molecule has 0 aromatic heterocycles. The number of hydrogen-bond donors (Lipinski definition) is 0. The molecule has 0 spiro atoms. The zero-order valence-corrected chi connectivity index (χ0v) is 19.1. The highest BCUT2D eigenvalue weighted by Gasteiger charge is 2.27. The lowest BCUT2D eigenvalue weighted by Gasteiger charge is -2.32. The van der Waals surface area contributed by atoms with Gasteiger partial charge in [0.05, 0.1) is 20.2 Å². The van der Waals surface area contributed by atoms with E-state index in [-0.39, 0.29) is 5.91 Å². The monoisotopic (exact) mass is 440 g/mol. The first-order chi connectivity index (χ1) is 15.1. The third kappa shape index (κ3) is 5.82. The van der Waals surface area contributed by atoms with E-state index in [2.05, 4.69) is 35.2 Å². The number of methoxy groups -OCH3 is 1. The van der Waals surface area contributed by atoms with Crippen LogP contribution in [-0.4, -0.2) is 59.3 Å². The molecule has 0 bridgehead atoms. The molecule has 31 heavy (non-hydrogen) atoms. The molecule has 1 amide bonds. The van der Waals surface area contributed by atoms with E-state index < -0.39 is 11.2 Å². The highest BCUT2D eigenvalue weighted by molar-refractivity contribution is 7.91. The van der Waals surface area contributed by atoms with Crippen molar-refractivity contribution < 1.29 is 14.1 Å². The Bertz CT molecular complexity index is 868. The van der Waals surface area contributed by atoms with Gasteiger partial charge < -0.3 is 19.1 Å². The summed E-state index contributed by atoms with van der Waals surface area (Å²) in [5.74, 6) is 2.12. The van der Waals surface area contributed by atoms with E-state index >= 15 is 0 Å². The van der Waals surface area contributed by atoms with E-state index in [0.29, 0.717) is 25.3 Å². The number of nitrogens with zero attached hydrogens (tertiary/aromatic N) is 2. The minimum Gasteiger partial charge on any atom is -0.611 e. The number of rotatable bonds is 6. The van der Waals surface area contributed by atoms with Crippen LogP contribution in [0.4, 0.5) is 0 Å². The number of ether oxygens (including phenoxy) is 1. The van der Waals surface area contributed by atoms with Gasteiger partial charge in [-0.05, 0) is 73.2 Å². The largest absolute Gasteiger partial charge is 0.611 e. The molecule has 2 heterocycles. The van der Waals surface area contributed by atoms with Crippen LogP contribution >= 0.6 is 0 Å². The summed E-state index contributed by atoms with van der Waals surface area (Å²) in [4.78, 5) is 18.1. The van der Waals surface area contributed by atoms with Gasteiger partial charge in [0.2, 0.25) is 5.91 Å². The summed E-state index contributed by atoms with van der Waals surface area (Å²) in [6, 6.07) is 16.4. The van der Waals surface area contributed by atoms with Crippen molar-refractivity contribution in [1.29, 1.82) is 0 Å².